The molecule has 3 rings (SSSR count). The van der Waals surface area contributed by atoms with Crippen molar-refractivity contribution in [1.82, 2.24) is 15.0 Å². The number of nitrogens with zero attached hydrogens (tertiary/aromatic N) is 3. The molecule has 0 fully saturated rings. The first-order chi connectivity index (χ1) is 14.1. The number of hydrogen-bond donors (Lipinski definition) is 0. The Labute approximate surface area is 174 Å². The fourth-order valence-electron chi connectivity index (χ4n) is 2.60. The van der Waals surface area contributed by atoms with Gasteiger partial charge in [0.15, 0.2) is 6.61 Å². The molecule has 7 nitrogen and oxygen atoms in total. The smallest absolute Gasteiger partial charge is 0.344 e. The van der Waals surface area contributed by atoms with E-state index in [4.69, 9.17) is 14.2 Å². The van der Waals surface area contributed by atoms with Crippen LogP contribution in [0.25, 0.3) is 5.69 Å². The number of benzene rings is 2. The van der Waals surface area contributed by atoms with Crippen LogP contribution in [0.2, 0.25) is 0 Å². The third kappa shape index (κ3) is 5.74. The monoisotopic (exact) mass is 413 g/mol. The van der Waals surface area contributed by atoms with Crippen molar-refractivity contribution in [1.29, 1.82) is 0 Å². The van der Waals surface area contributed by atoms with Crippen LogP contribution in [0.15, 0.2) is 53.6 Å². The molecular formula is C21H23N3O4S. The Balaban J connectivity index is 1.56. The van der Waals surface area contributed by atoms with Crippen molar-refractivity contribution in [2.75, 3.05) is 20.3 Å². The lowest BCUT2D eigenvalue weighted by atomic mass is 10.2. The van der Waals surface area contributed by atoms with Crippen molar-refractivity contribution in [2.24, 2.45) is 0 Å². The van der Waals surface area contributed by atoms with Gasteiger partial charge in [-0.1, -0.05) is 5.21 Å². The van der Waals surface area contributed by atoms with Gasteiger partial charge in [-0.3, -0.25) is 0 Å². The summed E-state index contributed by atoms with van der Waals surface area (Å²) in [7, 11) is 1.64. The van der Waals surface area contributed by atoms with Gasteiger partial charge in [0.25, 0.3) is 0 Å². The second kappa shape index (κ2) is 9.97. The lowest BCUT2D eigenvalue weighted by molar-refractivity contribution is -0.145. The van der Waals surface area contributed by atoms with Crippen molar-refractivity contribution in [2.45, 2.75) is 24.5 Å². The van der Waals surface area contributed by atoms with E-state index in [0.29, 0.717) is 18.1 Å². The molecule has 0 aliphatic carbocycles. The Kier molecular flexibility index (Phi) is 7.13. The molecule has 3 aromatic rings. The Morgan fingerprint density at radius 3 is 2.66 bits per heavy atom. The van der Waals surface area contributed by atoms with Crippen molar-refractivity contribution in [3.05, 3.63) is 59.9 Å². The summed E-state index contributed by atoms with van der Waals surface area (Å²) < 4.78 is 17.3. The highest BCUT2D eigenvalue weighted by molar-refractivity contribution is 7.98. The third-order valence-electron chi connectivity index (χ3n) is 4.06. The Hall–Kier alpha value is -3.00. The molecule has 1 heterocycles. The van der Waals surface area contributed by atoms with Crippen LogP contribution < -0.4 is 9.47 Å². The highest BCUT2D eigenvalue weighted by Crippen LogP contribution is 2.27. The fourth-order valence-corrected chi connectivity index (χ4v) is 3.47. The number of hydrogen-bond acceptors (Lipinski definition) is 7. The van der Waals surface area contributed by atoms with E-state index in [0.717, 1.165) is 27.6 Å². The first-order valence-corrected chi connectivity index (χ1v) is 10.1. The van der Waals surface area contributed by atoms with Gasteiger partial charge in [0, 0.05) is 10.6 Å². The zero-order valence-corrected chi connectivity index (χ0v) is 17.4. The van der Waals surface area contributed by atoms with Crippen molar-refractivity contribution >= 4 is 17.7 Å². The molecule has 29 heavy (non-hydrogen) atoms. The average Bonchev–Trinajstić information content (AvgIpc) is 3.21. The Morgan fingerprint density at radius 2 is 1.97 bits per heavy atom. The van der Waals surface area contributed by atoms with Gasteiger partial charge in [0.05, 0.1) is 31.3 Å². The normalized spacial score (nSPS) is 10.6. The summed E-state index contributed by atoms with van der Waals surface area (Å²) in [5.41, 5.74) is 2.76. The summed E-state index contributed by atoms with van der Waals surface area (Å²) in [6, 6.07) is 13.5. The molecule has 0 bridgehead atoms. The molecule has 152 valence electrons. The SMILES string of the molecule is CCOC(=O)COc1ccc(SCc2cn(-c3ccc(OC)cc3)nn2)cc1C. The highest BCUT2D eigenvalue weighted by Gasteiger charge is 2.08. The molecule has 0 spiro atoms. The van der Waals surface area contributed by atoms with E-state index in [-0.39, 0.29) is 12.6 Å². The van der Waals surface area contributed by atoms with Crippen molar-refractivity contribution < 1.29 is 19.0 Å². The standard InChI is InChI=1S/C21H23N3O4S/c1-4-27-21(25)13-28-20-10-9-19(11-15(20)2)29-14-16-12-24(23-22-16)17-5-7-18(26-3)8-6-17/h5-12H,4,13-14H2,1-3H3. The number of methoxy groups -OCH3 is 1. The Morgan fingerprint density at radius 1 is 1.17 bits per heavy atom. The van der Waals surface area contributed by atoms with Crippen LogP contribution in [0.4, 0.5) is 0 Å². The van der Waals surface area contributed by atoms with Crippen LogP contribution in [0.3, 0.4) is 0 Å². The van der Waals surface area contributed by atoms with Gasteiger partial charge in [-0.2, -0.15) is 0 Å². The Bertz CT molecular complexity index is 957. The lowest BCUT2D eigenvalue weighted by Gasteiger charge is -2.10. The topological polar surface area (TPSA) is 75.5 Å². The molecule has 0 N–H and O–H groups in total. The fraction of sp³-hybridized carbons (Fsp3) is 0.286. The molecule has 8 heteroatoms. The second-order valence-corrected chi connectivity index (χ2v) is 7.21. The van der Waals surface area contributed by atoms with Gasteiger partial charge >= 0.3 is 5.97 Å². The van der Waals surface area contributed by atoms with Gasteiger partial charge in [-0.15, -0.1) is 16.9 Å². The molecule has 0 aliphatic rings. The minimum absolute atomic E-state index is 0.0877. The van der Waals surface area contributed by atoms with E-state index >= 15 is 0 Å². The number of thioether (sulfide) groups is 1. The summed E-state index contributed by atoms with van der Waals surface area (Å²) in [5, 5.41) is 8.43. The van der Waals surface area contributed by atoms with Crippen LogP contribution >= 0.6 is 11.8 Å². The first-order valence-electron chi connectivity index (χ1n) is 9.16. The largest absolute Gasteiger partial charge is 0.497 e. The predicted molar refractivity (Wildman–Crippen MR) is 111 cm³/mol. The number of carbonyl (C=O) groups is 1. The number of carbonyl (C=O) groups excluding carboxylic acids is 1. The number of aromatic nitrogens is 3. The minimum Gasteiger partial charge on any atom is -0.497 e. The number of aryl methyl sites for hydroxylation is 1. The van der Waals surface area contributed by atoms with E-state index in [1.807, 2.05) is 55.6 Å². The van der Waals surface area contributed by atoms with Crippen LogP contribution in [0, 0.1) is 6.92 Å². The number of ether oxygens (including phenoxy) is 3. The van der Waals surface area contributed by atoms with Gasteiger partial charge in [0.1, 0.15) is 11.5 Å². The molecule has 0 unspecified atom stereocenters. The maximum atomic E-state index is 11.4. The molecule has 0 aliphatic heterocycles. The molecule has 0 saturated heterocycles. The maximum Gasteiger partial charge on any atom is 0.344 e. The molecule has 0 saturated carbocycles. The van der Waals surface area contributed by atoms with E-state index in [1.165, 1.54) is 0 Å². The zero-order valence-electron chi connectivity index (χ0n) is 16.6. The molecule has 0 amide bonds. The minimum atomic E-state index is -0.370. The van der Waals surface area contributed by atoms with Crippen LogP contribution in [-0.4, -0.2) is 41.3 Å². The quantitative estimate of drug-likeness (QED) is 0.390. The van der Waals surface area contributed by atoms with E-state index in [9.17, 15) is 4.79 Å². The third-order valence-corrected chi connectivity index (χ3v) is 5.09. The molecule has 1 aromatic heterocycles. The predicted octanol–water partition coefficient (Wildman–Crippen LogP) is 3.82. The van der Waals surface area contributed by atoms with Crippen LogP contribution in [0.5, 0.6) is 11.5 Å². The molecule has 2 aromatic carbocycles. The molecule has 0 radical (unpaired) electrons. The summed E-state index contributed by atoms with van der Waals surface area (Å²) in [5.74, 6) is 1.80. The maximum absolute atomic E-state index is 11.4. The van der Waals surface area contributed by atoms with Gasteiger partial charge < -0.3 is 14.2 Å². The zero-order chi connectivity index (χ0) is 20.6. The summed E-state index contributed by atoms with van der Waals surface area (Å²) in [4.78, 5) is 12.5. The lowest BCUT2D eigenvalue weighted by Crippen LogP contribution is -2.14. The number of esters is 1. The summed E-state index contributed by atoms with van der Waals surface area (Å²) in [6.45, 7) is 3.98. The van der Waals surface area contributed by atoms with Crippen molar-refractivity contribution in [3.63, 3.8) is 0 Å². The van der Waals surface area contributed by atoms with Gasteiger partial charge in [0.2, 0.25) is 0 Å². The second-order valence-electron chi connectivity index (χ2n) is 6.16. The van der Waals surface area contributed by atoms with E-state index in [2.05, 4.69) is 10.3 Å². The van der Waals surface area contributed by atoms with Crippen LogP contribution in [0.1, 0.15) is 18.2 Å². The molecular weight excluding hydrogens is 390 g/mol. The first kappa shape index (κ1) is 20.7. The average molecular weight is 413 g/mol. The van der Waals surface area contributed by atoms with Crippen LogP contribution in [-0.2, 0) is 15.3 Å². The van der Waals surface area contributed by atoms with E-state index in [1.54, 1.807) is 30.5 Å². The molecule has 0 atom stereocenters. The summed E-state index contributed by atoms with van der Waals surface area (Å²) in [6.07, 6.45) is 1.92. The number of rotatable bonds is 9. The van der Waals surface area contributed by atoms with Gasteiger partial charge in [-0.25, -0.2) is 9.48 Å². The highest BCUT2D eigenvalue weighted by atomic mass is 32.2. The van der Waals surface area contributed by atoms with E-state index < -0.39 is 0 Å². The van der Waals surface area contributed by atoms with Gasteiger partial charge in [-0.05, 0) is 61.9 Å². The summed E-state index contributed by atoms with van der Waals surface area (Å²) >= 11 is 1.66. The van der Waals surface area contributed by atoms with Crippen molar-refractivity contribution in [3.8, 4) is 17.2 Å².